The zero-order valence-electron chi connectivity index (χ0n) is 14.5. The number of carbonyl (C=O) groups is 1. The maximum atomic E-state index is 13.1. The molecule has 1 aromatic heterocycles. The Balaban J connectivity index is 1.63. The third-order valence-corrected chi connectivity index (χ3v) is 5.01. The molecular formula is C20H20N4O2. The average molecular weight is 348 g/mol. The van der Waals surface area contributed by atoms with Gasteiger partial charge in [0.25, 0.3) is 5.91 Å². The first-order valence-corrected chi connectivity index (χ1v) is 8.60. The predicted molar refractivity (Wildman–Crippen MR) is 97.0 cm³/mol. The van der Waals surface area contributed by atoms with E-state index in [9.17, 15) is 9.90 Å². The number of hydrogen-bond acceptors (Lipinski definition) is 4. The number of aliphatic hydroxyl groups is 1. The topological polar surface area (TPSA) is 71.2 Å². The summed E-state index contributed by atoms with van der Waals surface area (Å²) in [7, 11) is 0. The summed E-state index contributed by atoms with van der Waals surface area (Å²) in [6, 6.07) is 15.2. The Morgan fingerprint density at radius 3 is 2.54 bits per heavy atom. The van der Waals surface area contributed by atoms with Gasteiger partial charge in [-0.15, -0.1) is 10.2 Å². The molecule has 132 valence electrons. The van der Waals surface area contributed by atoms with E-state index in [0.29, 0.717) is 18.5 Å². The average Bonchev–Trinajstić information content (AvgIpc) is 3.32. The molecule has 0 saturated carbocycles. The van der Waals surface area contributed by atoms with Crippen LogP contribution in [0.3, 0.4) is 0 Å². The number of hydrogen-bond donors (Lipinski definition) is 1. The number of aromatic nitrogens is 3. The Bertz CT molecular complexity index is 938. The van der Waals surface area contributed by atoms with Gasteiger partial charge in [-0.3, -0.25) is 9.36 Å². The van der Waals surface area contributed by atoms with Gasteiger partial charge in [0.05, 0.1) is 17.8 Å². The fourth-order valence-corrected chi connectivity index (χ4v) is 3.66. The van der Waals surface area contributed by atoms with Crippen molar-refractivity contribution in [1.82, 2.24) is 19.7 Å². The molecule has 6 heteroatoms. The van der Waals surface area contributed by atoms with Crippen LogP contribution < -0.4 is 0 Å². The van der Waals surface area contributed by atoms with Gasteiger partial charge in [-0.1, -0.05) is 36.4 Å². The Morgan fingerprint density at radius 2 is 1.77 bits per heavy atom. The summed E-state index contributed by atoms with van der Waals surface area (Å²) in [5.41, 5.74) is 2.22. The van der Waals surface area contributed by atoms with Crippen molar-refractivity contribution in [3.8, 4) is 5.69 Å². The second-order valence-electron chi connectivity index (χ2n) is 6.71. The largest absolute Gasteiger partial charge is 0.383 e. The fourth-order valence-electron chi connectivity index (χ4n) is 3.66. The zero-order valence-corrected chi connectivity index (χ0v) is 14.5. The molecular weight excluding hydrogens is 328 g/mol. The van der Waals surface area contributed by atoms with Crippen LogP contribution in [-0.2, 0) is 5.60 Å². The molecule has 2 aromatic carbocycles. The Morgan fingerprint density at radius 1 is 1.08 bits per heavy atom. The van der Waals surface area contributed by atoms with Crippen molar-refractivity contribution in [2.45, 2.75) is 18.9 Å². The number of para-hydroxylation sites is 1. The van der Waals surface area contributed by atoms with Crippen LogP contribution in [0.4, 0.5) is 0 Å². The van der Waals surface area contributed by atoms with Crippen LogP contribution >= 0.6 is 0 Å². The van der Waals surface area contributed by atoms with Gasteiger partial charge >= 0.3 is 0 Å². The number of likely N-dealkylation sites (tertiary alicyclic amines) is 1. The summed E-state index contributed by atoms with van der Waals surface area (Å²) in [6.45, 7) is 2.78. The molecule has 1 fully saturated rings. The normalized spacial score (nSPS) is 19.7. The monoisotopic (exact) mass is 348 g/mol. The van der Waals surface area contributed by atoms with E-state index in [1.54, 1.807) is 28.2 Å². The quantitative estimate of drug-likeness (QED) is 0.788. The van der Waals surface area contributed by atoms with Gasteiger partial charge in [0.15, 0.2) is 0 Å². The molecule has 1 aliphatic heterocycles. The molecule has 3 aromatic rings. The summed E-state index contributed by atoms with van der Waals surface area (Å²) >= 11 is 0. The van der Waals surface area contributed by atoms with Gasteiger partial charge < -0.3 is 10.0 Å². The molecule has 1 amide bonds. The van der Waals surface area contributed by atoms with E-state index in [-0.39, 0.29) is 12.5 Å². The highest BCUT2D eigenvalue weighted by atomic mass is 16.3. The fraction of sp³-hybridized carbons (Fsp3) is 0.250. The van der Waals surface area contributed by atoms with E-state index in [0.717, 1.165) is 16.8 Å². The predicted octanol–water partition coefficient (Wildman–Crippen LogP) is 2.31. The summed E-state index contributed by atoms with van der Waals surface area (Å²) in [5, 5.41) is 18.8. The van der Waals surface area contributed by atoms with E-state index in [1.807, 2.05) is 49.4 Å². The Kier molecular flexibility index (Phi) is 4.05. The highest BCUT2D eigenvalue weighted by molar-refractivity contribution is 5.98. The molecule has 1 aliphatic rings. The zero-order chi connectivity index (χ0) is 18.1. The van der Waals surface area contributed by atoms with Gasteiger partial charge in [-0.25, -0.2) is 0 Å². The third kappa shape index (κ3) is 2.78. The number of rotatable bonds is 3. The lowest BCUT2D eigenvalue weighted by Gasteiger charge is -2.26. The molecule has 0 radical (unpaired) electrons. The number of aryl methyl sites for hydroxylation is 1. The molecule has 0 aliphatic carbocycles. The van der Waals surface area contributed by atoms with Gasteiger partial charge in [0.2, 0.25) is 0 Å². The van der Waals surface area contributed by atoms with E-state index in [4.69, 9.17) is 0 Å². The molecule has 1 saturated heterocycles. The molecule has 6 nitrogen and oxygen atoms in total. The van der Waals surface area contributed by atoms with Crippen molar-refractivity contribution in [3.05, 3.63) is 77.9 Å². The molecule has 0 bridgehead atoms. The number of nitrogens with zero attached hydrogens (tertiary/aromatic N) is 4. The summed E-state index contributed by atoms with van der Waals surface area (Å²) in [6.07, 6.45) is 3.66. The van der Waals surface area contributed by atoms with E-state index >= 15 is 0 Å². The molecule has 2 heterocycles. The van der Waals surface area contributed by atoms with Crippen molar-refractivity contribution in [3.63, 3.8) is 0 Å². The standard InChI is InChI=1S/C20H20N4O2/c1-15-6-2-4-8-17(15)20(26)10-11-23(12-20)19(25)16-7-3-5-9-18(16)24-13-21-22-14-24/h2-9,13-14,26H,10-12H2,1H3/t20-/m0/s1. The van der Waals surface area contributed by atoms with Crippen LogP contribution in [0.5, 0.6) is 0 Å². The van der Waals surface area contributed by atoms with Crippen LogP contribution in [0.1, 0.15) is 27.9 Å². The van der Waals surface area contributed by atoms with Crippen molar-refractivity contribution < 1.29 is 9.90 Å². The second kappa shape index (κ2) is 6.38. The number of benzene rings is 2. The van der Waals surface area contributed by atoms with Crippen LogP contribution in [0.25, 0.3) is 5.69 Å². The maximum absolute atomic E-state index is 13.1. The lowest BCUT2D eigenvalue weighted by Crippen LogP contribution is -2.35. The van der Waals surface area contributed by atoms with Gasteiger partial charge in [0.1, 0.15) is 18.3 Å². The minimum atomic E-state index is -1.01. The van der Waals surface area contributed by atoms with E-state index in [1.165, 1.54) is 0 Å². The first kappa shape index (κ1) is 16.5. The summed E-state index contributed by atoms with van der Waals surface area (Å²) < 4.78 is 1.72. The highest BCUT2D eigenvalue weighted by Crippen LogP contribution is 2.34. The highest BCUT2D eigenvalue weighted by Gasteiger charge is 2.40. The Hall–Kier alpha value is -2.99. The minimum absolute atomic E-state index is 0.0983. The molecule has 1 N–H and O–H groups in total. The first-order valence-electron chi connectivity index (χ1n) is 8.60. The SMILES string of the molecule is Cc1ccccc1[C@]1(O)CCN(C(=O)c2ccccc2-n2cnnc2)C1. The lowest BCUT2D eigenvalue weighted by atomic mass is 9.89. The smallest absolute Gasteiger partial charge is 0.256 e. The maximum Gasteiger partial charge on any atom is 0.256 e. The van der Waals surface area contributed by atoms with Crippen LogP contribution in [-0.4, -0.2) is 43.8 Å². The van der Waals surface area contributed by atoms with Crippen molar-refractivity contribution >= 4 is 5.91 Å². The number of amides is 1. The molecule has 26 heavy (non-hydrogen) atoms. The minimum Gasteiger partial charge on any atom is -0.383 e. The molecule has 1 atom stereocenters. The molecule has 0 unspecified atom stereocenters. The van der Waals surface area contributed by atoms with Crippen LogP contribution in [0.2, 0.25) is 0 Å². The van der Waals surface area contributed by atoms with Crippen molar-refractivity contribution in [2.75, 3.05) is 13.1 Å². The molecule has 4 rings (SSSR count). The molecule has 0 spiro atoms. The van der Waals surface area contributed by atoms with Crippen LogP contribution in [0.15, 0.2) is 61.2 Å². The Labute approximate surface area is 151 Å². The first-order chi connectivity index (χ1) is 12.6. The summed E-state index contributed by atoms with van der Waals surface area (Å²) in [4.78, 5) is 14.8. The van der Waals surface area contributed by atoms with E-state index < -0.39 is 5.60 Å². The third-order valence-electron chi connectivity index (χ3n) is 5.01. The second-order valence-corrected chi connectivity index (χ2v) is 6.71. The number of β-amino-alcohol motifs (C(OH)–C–C–N with tert-alkyl or cyclic N) is 1. The van der Waals surface area contributed by atoms with Gasteiger partial charge in [0, 0.05) is 6.54 Å². The van der Waals surface area contributed by atoms with E-state index in [2.05, 4.69) is 10.2 Å². The van der Waals surface area contributed by atoms with Crippen molar-refractivity contribution in [2.24, 2.45) is 0 Å². The van der Waals surface area contributed by atoms with Crippen LogP contribution in [0, 0.1) is 6.92 Å². The summed E-state index contributed by atoms with van der Waals surface area (Å²) in [5.74, 6) is -0.0983. The lowest BCUT2D eigenvalue weighted by molar-refractivity contribution is 0.0412. The van der Waals surface area contributed by atoms with Gasteiger partial charge in [-0.2, -0.15) is 0 Å². The van der Waals surface area contributed by atoms with Crippen molar-refractivity contribution in [1.29, 1.82) is 0 Å². The van der Waals surface area contributed by atoms with Gasteiger partial charge in [-0.05, 0) is 36.6 Å². The number of carbonyl (C=O) groups excluding carboxylic acids is 1.